The van der Waals surface area contributed by atoms with Gasteiger partial charge < -0.3 is 5.32 Å². The first kappa shape index (κ1) is 18.0. The molecular weight excluding hydrogens is 286 g/mol. The van der Waals surface area contributed by atoms with Crippen molar-refractivity contribution in [2.75, 3.05) is 0 Å². The Bertz CT molecular complexity index is 533. The van der Waals surface area contributed by atoms with Crippen LogP contribution in [-0.4, -0.2) is 21.7 Å². The minimum Gasteiger partial charge on any atom is -0.353 e. The van der Waals surface area contributed by atoms with Gasteiger partial charge in [0.15, 0.2) is 0 Å². The Morgan fingerprint density at radius 2 is 2.09 bits per heavy atom. The highest BCUT2D eigenvalue weighted by molar-refractivity contribution is 5.76. The largest absolute Gasteiger partial charge is 0.353 e. The molecule has 1 saturated carbocycles. The zero-order valence-electron chi connectivity index (χ0n) is 15.5. The van der Waals surface area contributed by atoms with Crippen LogP contribution in [0.5, 0.6) is 0 Å². The summed E-state index contributed by atoms with van der Waals surface area (Å²) in [5, 5.41) is 7.87. The SMILES string of the molecule is Cc1nn(CC(C)C)c(C)c1CCC(=O)NC1CCCC(C)C1. The smallest absolute Gasteiger partial charge is 0.220 e. The molecule has 0 spiro atoms. The molecule has 4 heteroatoms. The van der Waals surface area contributed by atoms with Crippen LogP contribution in [0.25, 0.3) is 0 Å². The van der Waals surface area contributed by atoms with Crippen molar-refractivity contribution in [2.24, 2.45) is 11.8 Å². The standard InChI is InChI=1S/C19H33N3O/c1-13(2)12-22-16(5)18(15(4)21-22)9-10-19(23)20-17-8-6-7-14(3)11-17/h13-14,17H,6-12H2,1-5H3,(H,20,23). The second-order valence-electron chi connectivity index (χ2n) is 7.76. The van der Waals surface area contributed by atoms with Gasteiger partial charge in [-0.3, -0.25) is 9.48 Å². The van der Waals surface area contributed by atoms with Crippen LogP contribution in [0.1, 0.15) is 69.8 Å². The number of rotatable bonds is 6. The maximum atomic E-state index is 12.3. The van der Waals surface area contributed by atoms with Gasteiger partial charge in [-0.1, -0.05) is 33.6 Å². The lowest BCUT2D eigenvalue weighted by Crippen LogP contribution is -2.38. The van der Waals surface area contributed by atoms with Gasteiger partial charge in [-0.15, -0.1) is 0 Å². The van der Waals surface area contributed by atoms with Crippen molar-refractivity contribution in [1.82, 2.24) is 15.1 Å². The molecule has 1 N–H and O–H groups in total. The van der Waals surface area contributed by atoms with E-state index in [1.165, 1.54) is 24.1 Å². The molecule has 0 saturated heterocycles. The third kappa shape index (κ3) is 5.08. The number of nitrogens with zero attached hydrogens (tertiary/aromatic N) is 2. The number of amides is 1. The van der Waals surface area contributed by atoms with Crippen molar-refractivity contribution in [2.45, 2.75) is 85.7 Å². The summed E-state index contributed by atoms with van der Waals surface area (Å²) in [7, 11) is 0. The zero-order chi connectivity index (χ0) is 17.0. The molecule has 23 heavy (non-hydrogen) atoms. The fourth-order valence-electron chi connectivity index (χ4n) is 3.72. The van der Waals surface area contributed by atoms with Gasteiger partial charge in [0.05, 0.1) is 5.69 Å². The fourth-order valence-corrected chi connectivity index (χ4v) is 3.72. The summed E-state index contributed by atoms with van der Waals surface area (Å²) >= 11 is 0. The number of hydrogen-bond acceptors (Lipinski definition) is 2. The molecule has 1 heterocycles. The summed E-state index contributed by atoms with van der Waals surface area (Å²) in [6.45, 7) is 11.8. The number of hydrogen-bond donors (Lipinski definition) is 1. The lowest BCUT2D eigenvalue weighted by atomic mass is 9.87. The molecule has 130 valence electrons. The van der Waals surface area contributed by atoms with Gasteiger partial charge in [0.25, 0.3) is 0 Å². The third-order valence-corrected chi connectivity index (χ3v) is 4.97. The van der Waals surface area contributed by atoms with Crippen LogP contribution in [-0.2, 0) is 17.8 Å². The summed E-state index contributed by atoms with van der Waals surface area (Å²) in [6, 6.07) is 0.386. The van der Waals surface area contributed by atoms with Crippen LogP contribution in [0.4, 0.5) is 0 Å². The normalized spacial score (nSPS) is 21.7. The first-order valence-electron chi connectivity index (χ1n) is 9.19. The average molecular weight is 319 g/mol. The minimum atomic E-state index is 0.194. The van der Waals surface area contributed by atoms with Gasteiger partial charge in [-0.2, -0.15) is 5.10 Å². The van der Waals surface area contributed by atoms with Gasteiger partial charge in [-0.25, -0.2) is 0 Å². The minimum absolute atomic E-state index is 0.194. The highest BCUT2D eigenvalue weighted by atomic mass is 16.1. The number of carbonyl (C=O) groups is 1. The maximum absolute atomic E-state index is 12.3. The van der Waals surface area contributed by atoms with E-state index >= 15 is 0 Å². The van der Waals surface area contributed by atoms with E-state index in [1.54, 1.807) is 0 Å². The summed E-state index contributed by atoms with van der Waals surface area (Å²) in [6.07, 6.45) is 6.19. The van der Waals surface area contributed by atoms with E-state index in [0.29, 0.717) is 18.4 Å². The van der Waals surface area contributed by atoms with Gasteiger partial charge >= 0.3 is 0 Å². The van der Waals surface area contributed by atoms with Crippen molar-refractivity contribution in [3.63, 3.8) is 0 Å². The van der Waals surface area contributed by atoms with Crippen molar-refractivity contribution < 1.29 is 4.79 Å². The molecule has 1 fully saturated rings. The molecular formula is C19H33N3O. The van der Waals surface area contributed by atoms with Crippen LogP contribution in [0.15, 0.2) is 0 Å². The molecule has 1 amide bonds. The summed E-state index contributed by atoms with van der Waals surface area (Å²) in [5.41, 5.74) is 3.54. The van der Waals surface area contributed by atoms with Crippen molar-refractivity contribution in [3.05, 3.63) is 17.0 Å². The first-order valence-corrected chi connectivity index (χ1v) is 9.19. The molecule has 2 unspecified atom stereocenters. The Balaban J connectivity index is 1.87. The molecule has 0 bridgehead atoms. The Morgan fingerprint density at radius 3 is 2.74 bits per heavy atom. The van der Waals surface area contributed by atoms with Crippen LogP contribution in [0, 0.1) is 25.7 Å². The van der Waals surface area contributed by atoms with Crippen molar-refractivity contribution in [3.8, 4) is 0 Å². The topological polar surface area (TPSA) is 46.9 Å². The highest BCUT2D eigenvalue weighted by Crippen LogP contribution is 2.23. The Hall–Kier alpha value is -1.32. The fraction of sp³-hybridized carbons (Fsp3) is 0.789. The van der Waals surface area contributed by atoms with Crippen molar-refractivity contribution in [1.29, 1.82) is 0 Å². The summed E-state index contributed by atoms with van der Waals surface area (Å²) in [5.74, 6) is 1.52. The van der Waals surface area contributed by atoms with Gasteiger partial charge in [0, 0.05) is 24.7 Å². The Labute approximate surface area is 141 Å². The Morgan fingerprint density at radius 1 is 1.35 bits per heavy atom. The highest BCUT2D eigenvalue weighted by Gasteiger charge is 2.21. The van der Waals surface area contributed by atoms with Crippen molar-refractivity contribution >= 4 is 5.91 Å². The first-order chi connectivity index (χ1) is 10.9. The molecule has 1 aromatic heterocycles. The second kappa shape index (κ2) is 7.98. The molecule has 0 radical (unpaired) electrons. The molecule has 1 aliphatic carbocycles. The van der Waals surface area contributed by atoms with Gasteiger partial charge in [-0.05, 0) is 50.5 Å². The monoisotopic (exact) mass is 319 g/mol. The molecule has 2 atom stereocenters. The van der Waals surface area contributed by atoms with Crippen LogP contribution < -0.4 is 5.32 Å². The molecule has 1 aromatic rings. The van der Waals surface area contributed by atoms with E-state index in [2.05, 4.69) is 49.7 Å². The molecule has 4 nitrogen and oxygen atoms in total. The number of nitrogens with one attached hydrogen (secondary N) is 1. The van der Waals surface area contributed by atoms with Gasteiger partial charge in [0.2, 0.25) is 5.91 Å². The van der Waals surface area contributed by atoms with E-state index in [-0.39, 0.29) is 5.91 Å². The number of aromatic nitrogens is 2. The van der Waals surface area contributed by atoms with E-state index < -0.39 is 0 Å². The molecule has 0 aliphatic heterocycles. The van der Waals surface area contributed by atoms with E-state index in [4.69, 9.17) is 0 Å². The maximum Gasteiger partial charge on any atom is 0.220 e. The van der Waals surface area contributed by atoms with E-state index in [0.717, 1.165) is 37.4 Å². The Kier molecular flexibility index (Phi) is 6.25. The number of aryl methyl sites for hydroxylation is 1. The molecule has 0 aromatic carbocycles. The van der Waals surface area contributed by atoms with Crippen LogP contribution in [0.2, 0.25) is 0 Å². The zero-order valence-corrected chi connectivity index (χ0v) is 15.5. The lowest BCUT2D eigenvalue weighted by Gasteiger charge is -2.27. The second-order valence-corrected chi connectivity index (χ2v) is 7.76. The predicted octanol–water partition coefficient (Wildman–Crippen LogP) is 3.78. The average Bonchev–Trinajstić information content (AvgIpc) is 2.70. The van der Waals surface area contributed by atoms with Crippen LogP contribution >= 0.6 is 0 Å². The van der Waals surface area contributed by atoms with E-state index in [1.807, 2.05) is 0 Å². The van der Waals surface area contributed by atoms with Gasteiger partial charge in [0.1, 0.15) is 0 Å². The van der Waals surface area contributed by atoms with E-state index in [9.17, 15) is 4.79 Å². The summed E-state index contributed by atoms with van der Waals surface area (Å²) in [4.78, 5) is 12.3. The summed E-state index contributed by atoms with van der Waals surface area (Å²) < 4.78 is 2.09. The molecule has 1 aliphatic rings. The van der Waals surface area contributed by atoms with Crippen LogP contribution in [0.3, 0.4) is 0 Å². The number of carbonyl (C=O) groups excluding carboxylic acids is 1. The third-order valence-electron chi connectivity index (χ3n) is 4.97. The lowest BCUT2D eigenvalue weighted by molar-refractivity contribution is -0.122. The molecule has 2 rings (SSSR count). The quantitative estimate of drug-likeness (QED) is 0.867. The predicted molar refractivity (Wildman–Crippen MR) is 94.4 cm³/mol.